The van der Waals surface area contributed by atoms with Gasteiger partial charge in [-0.05, 0) is 25.3 Å². The Labute approximate surface area is 159 Å². The maximum absolute atomic E-state index is 12.9. The fourth-order valence-electron chi connectivity index (χ4n) is 3.80. The molecule has 6 heteroatoms. The molecule has 3 aromatic rings. The lowest BCUT2D eigenvalue weighted by Crippen LogP contribution is -2.39. The third-order valence-electron chi connectivity index (χ3n) is 5.22. The van der Waals surface area contributed by atoms with Crippen LogP contribution in [0.15, 0.2) is 55.1 Å². The summed E-state index contributed by atoms with van der Waals surface area (Å²) < 4.78 is 4.00. The Hall–Kier alpha value is -2.89. The first-order valence-corrected chi connectivity index (χ1v) is 9.61. The summed E-state index contributed by atoms with van der Waals surface area (Å²) in [5.74, 6) is 1.41. The van der Waals surface area contributed by atoms with Gasteiger partial charge in [-0.25, -0.2) is 4.98 Å². The minimum Gasteiger partial charge on any atom is -0.338 e. The molecule has 0 N–H and O–H groups in total. The fraction of sp³-hybridized carbons (Fsp3) is 0.381. The molecule has 0 bridgehead atoms. The van der Waals surface area contributed by atoms with Crippen LogP contribution in [-0.2, 0) is 13.1 Å². The van der Waals surface area contributed by atoms with E-state index in [9.17, 15) is 4.79 Å². The second-order valence-electron chi connectivity index (χ2n) is 7.07. The number of carbonyl (C=O) groups is 1. The number of aromatic nitrogens is 4. The molecule has 2 aromatic heterocycles. The first-order valence-electron chi connectivity index (χ1n) is 9.61. The van der Waals surface area contributed by atoms with E-state index in [0.717, 1.165) is 38.3 Å². The highest BCUT2D eigenvalue weighted by molar-refractivity contribution is 5.93. The highest BCUT2D eigenvalue weighted by atomic mass is 16.2. The third-order valence-corrected chi connectivity index (χ3v) is 5.22. The molecular formula is C21H25N5O. The minimum atomic E-state index is 0.0700. The lowest BCUT2D eigenvalue weighted by Gasteiger charge is -2.32. The molecule has 0 saturated carbocycles. The van der Waals surface area contributed by atoms with Crippen LogP contribution in [0, 0.1) is 0 Å². The number of carbonyl (C=O) groups excluding carboxylic acids is 1. The number of benzene rings is 1. The van der Waals surface area contributed by atoms with E-state index in [4.69, 9.17) is 0 Å². The predicted octanol–water partition coefficient (Wildman–Crippen LogP) is 3.17. The Bertz CT molecular complexity index is 898. The zero-order valence-corrected chi connectivity index (χ0v) is 15.7. The van der Waals surface area contributed by atoms with E-state index in [2.05, 4.69) is 38.9 Å². The van der Waals surface area contributed by atoms with Gasteiger partial charge in [0.1, 0.15) is 5.82 Å². The van der Waals surface area contributed by atoms with E-state index in [1.54, 1.807) is 10.9 Å². The summed E-state index contributed by atoms with van der Waals surface area (Å²) in [6, 6.07) is 10.4. The topological polar surface area (TPSA) is 56.0 Å². The van der Waals surface area contributed by atoms with Crippen molar-refractivity contribution in [3.63, 3.8) is 0 Å². The van der Waals surface area contributed by atoms with Crippen LogP contribution in [0.5, 0.6) is 0 Å². The molecule has 1 aliphatic rings. The van der Waals surface area contributed by atoms with Crippen LogP contribution in [0.4, 0.5) is 0 Å². The molecule has 0 unspecified atom stereocenters. The quantitative estimate of drug-likeness (QED) is 0.700. The Morgan fingerprint density at radius 2 is 2.11 bits per heavy atom. The molecule has 1 saturated heterocycles. The molecule has 1 aromatic carbocycles. The van der Waals surface area contributed by atoms with E-state index in [1.165, 1.54) is 5.56 Å². The van der Waals surface area contributed by atoms with Crippen molar-refractivity contribution in [2.45, 2.75) is 38.8 Å². The summed E-state index contributed by atoms with van der Waals surface area (Å²) in [5, 5.41) is 4.23. The molecular weight excluding hydrogens is 338 g/mol. The van der Waals surface area contributed by atoms with E-state index >= 15 is 0 Å². The van der Waals surface area contributed by atoms with Crippen molar-refractivity contribution < 1.29 is 4.79 Å². The smallest absolute Gasteiger partial charge is 0.257 e. The number of hydrogen-bond acceptors (Lipinski definition) is 3. The Balaban J connectivity index is 1.49. The maximum Gasteiger partial charge on any atom is 0.257 e. The molecule has 0 spiro atoms. The number of rotatable bonds is 5. The van der Waals surface area contributed by atoms with Crippen molar-refractivity contribution in [1.82, 2.24) is 24.2 Å². The highest BCUT2D eigenvalue weighted by Gasteiger charge is 2.28. The second kappa shape index (κ2) is 7.78. The molecule has 27 heavy (non-hydrogen) atoms. The van der Waals surface area contributed by atoms with Gasteiger partial charge in [-0.3, -0.25) is 9.48 Å². The van der Waals surface area contributed by atoms with Crippen molar-refractivity contribution >= 4 is 5.91 Å². The number of hydrogen-bond donors (Lipinski definition) is 0. The van der Waals surface area contributed by atoms with Crippen molar-refractivity contribution in [2.75, 3.05) is 13.1 Å². The van der Waals surface area contributed by atoms with Crippen LogP contribution >= 0.6 is 0 Å². The van der Waals surface area contributed by atoms with E-state index in [-0.39, 0.29) is 11.8 Å². The number of nitrogens with zero attached hydrogens (tertiary/aromatic N) is 5. The number of aryl methyl sites for hydroxylation is 1. The second-order valence-corrected chi connectivity index (χ2v) is 7.07. The van der Waals surface area contributed by atoms with Gasteiger partial charge >= 0.3 is 0 Å². The standard InChI is InChI=1S/C21H25N5O/c1-2-26-16-19(13-23-26)21(27)25-11-6-9-18(15-25)20-22-10-12-24(20)14-17-7-4-3-5-8-17/h3-5,7-8,10,12-13,16,18H,2,6,9,11,14-15H2,1H3/t18-/m0/s1. The third kappa shape index (κ3) is 3.79. The lowest BCUT2D eigenvalue weighted by molar-refractivity contribution is 0.0703. The molecule has 140 valence electrons. The molecule has 1 fully saturated rings. The van der Waals surface area contributed by atoms with E-state index < -0.39 is 0 Å². The normalized spacial score (nSPS) is 17.2. The van der Waals surface area contributed by atoms with Crippen molar-refractivity contribution in [2.24, 2.45) is 0 Å². The lowest BCUT2D eigenvalue weighted by atomic mass is 9.96. The fourth-order valence-corrected chi connectivity index (χ4v) is 3.80. The van der Waals surface area contributed by atoms with Crippen LogP contribution in [0.1, 0.15) is 47.4 Å². The Morgan fingerprint density at radius 3 is 2.89 bits per heavy atom. The molecule has 4 rings (SSSR count). The van der Waals surface area contributed by atoms with Gasteiger partial charge in [0.05, 0.1) is 11.8 Å². The number of piperidine rings is 1. The van der Waals surface area contributed by atoms with Gasteiger partial charge in [0.25, 0.3) is 5.91 Å². The largest absolute Gasteiger partial charge is 0.338 e. The van der Waals surface area contributed by atoms with Gasteiger partial charge in [0.2, 0.25) is 0 Å². The SMILES string of the molecule is CCn1cc(C(=O)N2CCC[C@H](c3nccn3Cc3ccccc3)C2)cn1. The zero-order chi connectivity index (χ0) is 18.6. The van der Waals surface area contributed by atoms with E-state index in [1.807, 2.05) is 36.5 Å². The summed E-state index contributed by atoms with van der Waals surface area (Å²) in [5.41, 5.74) is 1.93. The van der Waals surface area contributed by atoms with Gasteiger partial charge in [0, 0.05) is 50.7 Å². The monoisotopic (exact) mass is 363 g/mol. The van der Waals surface area contributed by atoms with Gasteiger partial charge in [-0.2, -0.15) is 5.10 Å². The molecule has 1 aliphatic heterocycles. The van der Waals surface area contributed by atoms with Gasteiger partial charge < -0.3 is 9.47 Å². The molecule has 0 radical (unpaired) electrons. The maximum atomic E-state index is 12.9. The van der Waals surface area contributed by atoms with Crippen LogP contribution in [0.2, 0.25) is 0 Å². The number of amides is 1. The van der Waals surface area contributed by atoms with Gasteiger partial charge in [0.15, 0.2) is 0 Å². The minimum absolute atomic E-state index is 0.0700. The van der Waals surface area contributed by atoms with Crippen molar-refractivity contribution in [1.29, 1.82) is 0 Å². The molecule has 1 amide bonds. The average molecular weight is 363 g/mol. The van der Waals surface area contributed by atoms with Crippen molar-refractivity contribution in [3.05, 3.63) is 72.1 Å². The Morgan fingerprint density at radius 1 is 1.26 bits per heavy atom. The highest BCUT2D eigenvalue weighted by Crippen LogP contribution is 2.27. The predicted molar refractivity (Wildman–Crippen MR) is 104 cm³/mol. The first-order chi connectivity index (χ1) is 13.2. The zero-order valence-electron chi connectivity index (χ0n) is 15.7. The summed E-state index contributed by atoms with van der Waals surface area (Å²) in [6.07, 6.45) is 9.47. The van der Waals surface area contributed by atoms with E-state index in [0.29, 0.717) is 12.1 Å². The van der Waals surface area contributed by atoms with Crippen LogP contribution < -0.4 is 0 Å². The summed E-state index contributed by atoms with van der Waals surface area (Å²) in [6.45, 7) is 5.11. The molecule has 6 nitrogen and oxygen atoms in total. The van der Waals surface area contributed by atoms with Gasteiger partial charge in [-0.1, -0.05) is 30.3 Å². The summed E-state index contributed by atoms with van der Waals surface area (Å²) in [7, 11) is 0. The summed E-state index contributed by atoms with van der Waals surface area (Å²) in [4.78, 5) is 19.4. The summed E-state index contributed by atoms with van der Waals surface area (Å²) >= 11 is 0. The van der Waals surface area contributed by atoms with Crippen LogP contribution in [0.3, 0.4) is 0 Å². The average Bonchev–Trinajstić information content (AvgIpc) is 3.38. The number of likely N-dealkylation sites (tertiary alicyclic amines) is 1. The first kappa shape index (κ1) is 17.5. The van der Waals surface area contributed by atoms with Crippen molar-refractivity contribution in [3.8, 4) is 0 Å². The Kier molecular flexibility index (Phi) is 5.05. The number of imidazole rings is 1. The molecule has 3 heterocycles. The van der Waals surface area contributed by atoms with Crippen LogP contribution in [0.25, 0.3) is 0 Å². The molecule has 0 aliphatic carbocycles. The van der Waals surface area contributed by atoms with Gasteiger partial charge in [-0.15, -0.1) is 0 Å². The van der Waals surface area contributed by atoms with Crippen LogP contribution in [-0.4, -0.2) is 43.2 Å². The molecule has 1 atom stereocenters.